The number of nitrogens with zero attached hydrogens (tertiary/aromatic N) is 5. The van der Waals surface area contributed by atoms with Crippen LogP contribution in [0.1, 0.15) is 29.8 Å². The molecule has 0 aliphatic heterocycles. The molecule has 2 aromatic heterocycles. The SMILES string of the molecule is Cc1cccc(Cn2nc(C)cc2NC(=O)[C@@H](C)n2cncn2)c1. The van der Waals surface area contributed by atoms with Gasteiger partial charge in [-0.15, -0.1) is 0 Å². The zero-order chi connectivity index (χ0) is 17.1. The maximum atomic E-state index is 12.4. The van der Waals surface area contributed by atoms with Crippen LogP contribution in [0, 0.1) is 13.8 Å². The molecular weight excluding hydrogens is 304 g/mol. The smallest absolute Gasteiger partial charge is 0.250 e. The largest absolute Gasteiger partial charge is 0.309 e. The number of benzene rings is 1. The molecule has 0 bridgehead atoms. The van der Waals surface area contributed by atoms with Gasteiger partial charge in [-0.25, -0.2) is 14.3 Å². The summed E-state index contributed by atoms with van der Waals surface area (Å²) in [6, 6.07) is 9.65. The molecule has 1 N–H and O–H groups in total. The average Bonchev–Trinajstić information content (AvgIpc) is 3.17. The van der Waals surface area contributed by atoms with Crippen molar-refractivity contribution in [2.45, 2.75) is 33.4 Å². The molecule has 0 aliphatic rings. The highest BCUT2D eigenvalue weighted by Gasteiger charge is 2.18. The van der Waals surface area contributed by atoms with E-state index in [4.69, 9.17) is 0 Å². The highest BCUT2D eigenvalue weighted by molar-refractivity contribution is 5.92. The Morgan fingerprint density at radius 3 is 2.83 bits per heavy atom. The zero-order valence-electron chi connectivity index (χ0n) is 14.0. The number of rotatable bonds is 5. The second kappa shape index (κ2) is 6.66. The quantitative estimate of drug-likeness (QED) is 0.781. The summed E-state index contributed by atoms with van der Waals surface area (Å²) in [7, 11) is 0. The summed E-state index contributed by atoms with van der Waals surface area (Å²) in [5.74, 6) is 0.511. The van der Waals surface area contributed by atoms with Gasteiger partial charge < -0.3 is 5.32 Å². The topological polar surface area (TPSA) is 77.6 Å². The van der Waals surface area contributed by atoms with Crippen molar-refractivity contribution in [2.24, 2.45) is 0 Å². The summed E-state index contributed by atoms with van der Waals surface area (Å²) >= 11 is 0. The Kier molecular flexibility index (Phi) is 4.41. The molecule has 0 fully saturated rings. The molecule has 2 heterocycles. The van der Waals surface area contributed by atoms with Gasteiger partial charge in [-0.2, -0.15) is 10.2 Å². The van der Waals surface area contributed by atoms with Crippen LogP contribution >= 0.6 is 0 Å². The van der Waals surface area contributed by atoms with E-state index in [2.05, 4.69) is 39.6 Å². The highest BCUT2D eigenvalue weighted by atomic mass is 16.2. The molecule has 124 valence electrons. The van der Waals surface area contributed by atoms with Gasteiger partial charge in [0.2, 0.25) is 5.91 Å². The first-order valence-corrected chi connectivity index (χ1v) is 7.78. The van der Waals surface area contributed by atoms with E-state index in [1.807, 2.05) is 25.1 Å². The normalized spacial score (nSPS) is 12.1. The average molecular weight is 324 g/mol. The van der Waals surface area contributed by atoms with Crippen molar-refractivity contribution in [2.75, 3.05) is 5.32 Å². The van der Waals surface area contributed by atoms with Crippen LogP contribution in [0.4, 0.5) is 5.82 Å². The molecule has 1 aromatic carbocycles. The van der Waals surface area contributed by atoms with Crippen LogP contribution in [0.2, 0.25) is 0 Å². The maximum Gasteiger partial charge on any atom is 0.250 e. The van der Waals surface area contributed by atoms with E-state index in [-0.39, 0.29) is 5.91 Å². The van der Waals surface area contributed by atoms with Crippen LogP contribution in [-0.4, -0.2) is 30.5 Å². The third kappa shape index (κ3) is 3.51. The van der Waals surface area contributed by atoms with E-state index in [0.717, 1.165) is 11.3 Å². The van der Waals surface area contributed by atoms with Crippen LogP contribution in [0.5, 0.6) is 0 Å². The molecule has 3 aromatic rings. The predicted octanol–water partition coefficient (Wildman–Crippen LogP) is 2.34. The summed E-state index contributed by atoms with van der Waals surface area (Å²) in [5.41, 5.74) is 3.19. The molecule has 0 saturated carbocycles. The lowest BCUT2D eigenvalue weighted by Crippen LogP contribution is -2.25. The highest BCUT2D eigenvalue weighted by Crippen LogP contribution is 2.16. The molecule has 1 atom stereocenters. The monoisotopic (exact) mass is 324 g/mol. The van der Waals surface area contributed by atoms with Crippen LogP contribution in [-0.2, 0) is 11.3 Å². The van der Waals surface area contributed by atoms with Gasteiger partial charge in [0.25, 0.3) is 0 Å². The number of aryl methyl sites for hydroxylation is 2. The van der Waals surface area contributed by atoms with Crippen LogP contribution in [0.15, 0.2) is 43.0 Å². The number of carbonyl (C=O) groups excluding carboxylic acids is 1. The molecule has 24 heavy (non-hydrogen) atoms. The van der Waals surface area contributed by atoms with Gasteiger partial charge >= 0.3 is 0 Å². The second-order valence-corrected chi connectivity index (χ2v) is 5.86. The first kappa shape index (κ1) is 15.9. The molecule has 0 spiro atoms. The second-order valence-electron chi connectivity index (χ2n) is 5.86. The fourth-order valence-corrected chi connectivity index (χ4v) is 2.52. The first-order valence-electron chi connectivity index (χ1n) is 7.78. The molecule has 0 saturated heterocycles. The van der Waals surface area contributed by atoms with Gasteiger partial charge in [-0.3, -0.25) is 4.79 Å². The van der Waals surface area contributed by atoms with Gasteiger partial charge in [0.05, 0.1) is 12.2 Å². The Labute approximate surface area is 140 Å². The van der Waals surface area contributed by atoms with E-state index in [1.54, 1.807) is 11.6 Å². The summed E-state index contributed by atoms with van der Waals surface area (Å²) in [6.07, 6.45) is 2.94. The minimum absolute atomic E-state index is 0.161. The van der Waals surface area contributed by atoms with Crippen molar-refractivity contribution in [3.63, 3.8) is 0 Å². The molecule has 0 radical (unpaired) electrons. The van der Waals surface area contributed by atoms with Gasteiger partial charge in [0.15, 0.2) is 0 Å². The Morgan fingerprint density at radius 2 is 2.12 bits per heavy atom. The van der Waals surface area contributed by atoms with Gasteiger partial charge in [-0.1, -0.05) is 29.8 Å². The van der Waals surface area contributed by atoms with E-state index in [9.17, 15) is 4.79 Å². The van der Waals surface area contributed by atoms with Crippen molar-refractivity contribution in [3.8, 4) is 0 Å². The third-order valence-corrected chi connectivity index (χ3v) is 3.78. The summed E-state index contributed by atoms with van der Waals surface area (Å²) < 4.78 is 3.32. The zero-order valence-corrected chi connectivity index (χ0v) is 14.0. The van der Waals surface area contributed by atoms with Crippen molar-refractivity contribution >= 4 is 11.7 Å². The predicted molar refractivity (Wildman–Crippen MR) is 90.6 cm³/mol. The minimum atomic E-state index is -0.449. The third-order valence-electron chi connectivity index (χ3n) is 3.78. The number of hydrogen-bond acceptors (Lipinski definition) is 4. The van der Waals surface area contributed by atoms with Gasteiger partial charge in [0.1, 0.15) is 24.5 Å². The summed E-state index contributed by atoms with van der Waals surface area (Å²) in [6.45, 7) is 6.34. The lowest BCUT2D eigenvalue weighted by molar-refractivity contribution is -0.119. The van der Waals surface area contributed by atoms with Gasteiger partial charge in [0, 0.05) is 6.07 Å². The van der Waals surface area contributed by atoms with Crippen LogP contribution < -0.4 is 5.32 Å². The molecule has 0 unspecified atom stereocenters. The first-order chi connectivity index (χ1) is 11.5. The summed E-state index contributed by atoms with van der Waals surface area (Å²) in [4.78, 5) is 16.3. The molecule has 3 rings (SSSR count). The number of hydrogen-bond donors (Lipinski definition) is 1. The lowest BCUT2D eigenvalue weighted by atomic mass is 10.1. The number of aromatic nitrogens is 5. The molecule has 1 amide bonds. The van der Waals surface area contributed by atoms with Crippen LogP contribution in [0.3, 0.4) is 0 Å². The van der Waals surface area contributed by atoms with Crippen molar-refractivity contribution in [1.82, 2.24) is 24.5 Å². The number of anilines is 1. The number of amides is 1. The fourth-order valence-electron chi connectivity index (χ4n) is 2.52. The molecular formula is C17H20N6O. The Balaban J connectivity index is 1.78. The van der Waals surface area contributed by atoms with Crippen molar-refractivity contribution in [1.29, 1.82) is 0 Å². The van der Waals surface area contributed by atoms with E-state index < -0.39 is 6.04 Å². The fraction of sp³-hybridized carbons (Fsp3) is 0.294. The number of nitrogens with one attached hydrogen (secondary N) is 1. The maximum absolute atomic E-state index is 12.4. The van der Waals surface area contributed by atoms with Gasteiger partial charge in [-0.05, 0) is 26.3 Å². The van der Waals surface area contributed by atoms with E-state index >= 15 is 0 Å². The Bertz CT molecular complexity index is 837. The standard InChI is InChI=1S/C17H20N6O/c1-12-5-4-6-15(7-12)9-22-16(8-13(2)21-22)20-17(24)14(3)23-11-18-10-19-23/h4-8,10-11,14H,9H2,1-3H3,(H,20,24)/t14-/m1/s1. The lowest BCUT2D eigenvalue weighted by Gasteiger charge is -2.13. The Hall–Kier alpha value is -2.96. The summed E-state index contributed by atoms with van der Waals surface area (Å²) in [5, 5.41) is 11.4. The minimum Gasteiger partial charge on any atom is -0.309 e. The molecule has 0 aliphatic carbocycles. The number of carbonyl (C=O) groups is 1. The van der Waals surface area contributed by atoms with Crippen LogP contribution in [0.25, 0.3) is 0 Å². The Morgan fingerprint density at radius 1 is 1.29 bits per heavy atom. The molecule has 7 heteroatoms. The van der Waals surface area contributed by atoms with E-state index in [0.29, 0.717) is 12.4 Å². The van der Waals surface area contributed by atoms with Crippen molar-refractivity contribution in [3.05, 3.63) is 59.8 Å². The van der Waals surface area contributed by atoms with E-state index in [1.165, 1.54) is 22.9 Å². The van der Waals surface area contributed by atoms with Crippen molar-refractivity contribution < 1.29 is 4.79 Å². The molecule has 7 nitrogen and oxygen atoms in total.